The summed E-state index contributed by atoms with van der Waals surface area (Å²) in [5, 5.41) is 0. The highest BCUT2D eigenvalue weighted by atomic mass is 16.5. The van der Waals surface area contributed by atoms with Crippen molar-refractivity contribution in [2.45, 2.75) is 34.5 Å². The van der Waals surface area contributed by atoms with E-state index < -0.39 is 0 Å². The third-order valence-corrected chi connectivity index (χ3v) is 4.57. The Morgan fingerprint density at radius 3 is 2.48 bits per heavy atom. The molecule has 0 N–H and O–H groups in total. The fraction of sp³-hybridized carbons (Fsp3) is 0.353. The number of hydrogen-bond acceptors (Lipinski definition) is 2. The highest BCUT2D eigenvalue weighted by molar-refractivity contribution is 6.59. The van der Waals surface area contributed by atoms with Gasteiger partial charge in [0.05, 0.1) is 13.2 Å². The van der Waals surface area contributed by atoms with Gasteiger partial charge in [0, 0.05) is 12.4 Å². The van der Waals surface area contributed by atoms with E-state index in [1.807, 2.05) is 0 Å². The smallest absolute Gasteiger partial charge is 0.516 e. The van der Waals surface area contributed by atoms with Crippen molar-refractivity contribution >= 4 is 18.6 Å². The zero-order chi connectivity index (χ0) is 15.3. The van der Waals surface area contributed by atoms with Crippen molar-refractivity contribution in [2.75, 3.05) is 4.81 Å². The van der Waals surface area contributed by atoms with Crippen LogP contribution < -0.4 is 14.0 Å². The van der Waals surface area contributed by atoms with Crippen molar-refractivity contribution in [3.63, 3.8) is 0 Å². The van der Waals surface area contributed by atoms with E-state index >= 15 is 0 Å². The van der Waals surface area contributed by atoms with E-state index in [9.17, 15) is 0 Å². The van der Waals surface area contributed by atoms with E-state index in [2.05, 4.69) is 75.3 Å². The molecule has 108 valence electrons. The topological polar surface area (TPSA) is 16.4 Å². The lowest BCUT2D eigenvalue weighted by Gasteiger charge is -2.17. The molecule has 4 heteroatoms. The van der Waals surface area contributed by atoms with Crippen LogP contribution in [-0.4, -0.2) is 7.05 Å². The van der Waals surface area contributed by atoms with Gasteiger partial charge >= 0.3 is 12.9 Å². The molecule has 0 saturated heterocycles. The molecule has 3 nitrogen and oxygen atoms in total. The van der Waals surface area contributed by atoms with Crippen molar-refractivity contribution in [1.82, 2.24) is 0 Å². The van der Waals surface area contributed by atoms with Crippen LogP contribution in [0.5, 0.6) is 5.75 Å². The van der Waals surface area contributed by atoms with Gasteiger partial charge < -0.3 is 4.65 Å². The summed E-state index contributed by atoms with van der Waals surface area (Å²) in [4.78, 5) is 2.30. The quantitative estimate of drug-likeness (QED) is 0.588. The maximum Gasteiger partial charge on any atom is 0.607 e. The van der Waals surface area contributed by atoms with Crippen molar-refractivity contribution < 1.29 is 9.22 Å². The van der Waals surface area contributed by atoms with Crippen LogP contribution in [0.2, 0.25) is 6.82 Å². The van der Waals surface area contributed by atoms with Crippen LogP contribution in [0.3, 0.4) is 0 Å². The van der Waals surface area contributed by atoms with Crippen molar-refractivity contribution in [1.29, 1.82) is 0 Å². The number of pyridine rings is 1. The second kappa shape index (κ2) is 4.80. The fourth-order valence-electron chi connectivity index (χ4n) is 3.08. The first-order valence-electron chi connectivity index (χ1n) is 7.43. The van der Waals surface area contributed by atoms with Crippen LogP contribution in [0.15, 0.2) is 24.4 Å². The van der Waals surface area contributed by atoms with Crippen molar-refractivity contribution in [3.8, 4) is 5.75 Å². The molecule has 0 aliphatic carbocycles. The summed E-state index contributed by atoms with van der Waals surface area (Å²) in [6, 6.07) is 6.44. The van der Waals surface area contributed by atoms with Gasteiger partial charge in [-0.15, -0.1) is 0 Å². The van der Waals surface area contributed by atoms with Gasteiger partial charge in [0.1, 0.15) is 5.69 Å². The Morgan fingerprint density at radius 2 is 1.76 bits per heavy atom. The minimum absolute atomic E-state index is 0.00667. The standard InChI is InChI=1S/C17H22BN2O/c1-11-8-7-9-15(13(11)3)20-17-16(21-18(20)5)14(4)12(2)10-19(17)6/h7-10H,1-6H3/q+1. The van der Waals surface area contributed by atoms with E-state index in [0.717, 1.165) is 11.6 Å². The number of rotatable bonds is 1. The number of hydrogen-bond donors (Lipinski definition) is 0. The molecule has 0 amide bonds. The summed E-state index contributed by atoms with van der Waals surface area (Å²) < 4.78 is 8.34. The maximum atomic E-state index is 6.17. The van der Waals surface area contributed by atoms with Gasteiger partial charge in [0.15, 0.2) is 5.75 Å². The van der Waals surface area contributed by atoms with Gasteiger partial charge in [-0.1, -0.05) is 12.1 Å². The number of aryl methyl sites for hydroxylation is 3. The average Bonchev–Trinajstić information content (AvgIpc) is 2.77. The SMILES string of the molecule is CB1Oc2c(C)c(C)c[n+](C)c2N1c1cccc(C)c1C. The molecule has 1 aromatic heterocycles. The summed E-state index contributed by atoms with van der Waals surface area (Å²) in [7, 11) is 2.09. The van der Waals surface area contributed by atoms with E-state index in [1.165, 1.54) is 27.9 Å². The monoisotopic (exact) mass is 281 g/mol. The average molecular weight is 281 g/mol. The highest BCUT2D eigenvalue weighted by Crippen LogP contribution is 2.42. The molecule has 3 rings (SSSR count). The Bertz CT molecular complexity index is 727. The molecule has 0 bridgehead atoms. The predicted octanol–water partition coefficient (Wildman–Crippen LogP) is 3.39. The van der Waals surface area contributed by atoms with Crippen LogP contribution in [0, 0.1) is 27.7 Å². The Balaban J connectivity index is 2.24. The molecule has 2 heterocycles. The molecule has 2 aromatic rings. The highest BCUT2D eigenvalue weighted by Gasteiger charge is 2.46. The molecule has 1 aliphatic rings. The molecular formula is C17H22BN2O+. The second-order valence-electron chi connectivity index (χ2n) is 6.01. The van der Waals surface area contributed by atoms with Gasteiger partial charge in [-0.2, -0.15) is 0 Å². The lowest BCUT2D eigenvalue weighted by atomic mass is 9.84. The van der Waals surface area contributed by atoms with E-state index in [0.29, 0.717) is 0 Å². The summed E-state index contributed by atoms with van der Waals surface area (Å²) in [5.41, 5.74) is 6.31. The molecule has 0 fully saturated rings. The first-order valence-corrected chi connectivity index (χ1v) is 7.43. The summed E-state index contributed by atoms with van der Waals surface area (Å²) >= 11 is 0. The number of fused-ring (bicyclic) bond motifs is 1. The summed E-state index contributed by atoms with van der Waals surface area (Å²) in [5.74, 6) is 2.14. The van der Waals surface area contributed by atoms with E-state index in [4.69, 9.17) is 4.65 Å². The lowest BCUT2D eigenvalue weighted by Crippen LogP contribution is -2.40. The Morgan fingerprint density at radius 1 is 1.05 bits per heavy atom. The number of nitrogens with zero attached hydrogens (tertiary/aromatic N) is 2. The van der Waals surface area contributed by atoms with Gasteiger partial charge in [0.25, 0.3) is 0 Å². The molecule has 0 spiro atoms. The van der Waals surface area contributed by atoms with E-state index in [1.54, 1.807) is 0 Å². The van der Waals surface area contributed by atoms with Crippen LogP contribution in [-0.2, 0) is 7.05 Å². The third kappa shape index (κ3) is 2.01. The lowest BCUT2D eigenvalue weighted by molar-refractivity contribution is -0.658. The second-order valence-corrected chi connectivity index (χ2v) is 6.01. The molecule has 0 saturated carbocycles. The van der Waals surface area contributed by atoms with Crippen LogP contribution in [0.4, 0.5) is 11.5 Å². The Kier molecular flexibility index (Phi) is 3.20. The first kappa shape index (κ1) is 14.0. The van der Waals surface area contributed by atoms with Gasteiger partial charge in [-0.3, -0.25) is 0 Å². The van der Waals surface area contributed by atoms with Gasteiger partial charge in [-0.25, -0.2) is 9.38 Å². The normalized spacial score (nSPS) is 13.4. The number of aromatic nitrogens is 1. The summed E-state index contributed by atoms with van der Waals surface area (Å²) in [6.45, 7) is 10.7. The van der Waals surface area contributed by atoms with Crippen molar-refractivity contribution in [3.05, 3.63) is 46.6 Å². The number of benzene rings is 1. The predicted molar refractivity (Wildman–Crippen MR) is 87.4 cm³/mol. The zero-order valence-corrected chi connectivity index (χ0v) is 13.7. The van der Waals surface area contributed by atoms with Crippen LogP contribution >= 0.6 is 0 Å². The molecule has 0 unspecified atom stereocenters. The Hall–Kier alpha value is -1.97. The summed E-state index contributed by atoms with van der Waals surface area (Å²) in [6.07, 6.45) is 2.17. The molecule has 0 atom stereocenters. The largest absolute Gasteiger partial charge is 0.607 e. The molecular weight excluding hydrogens is 259 g/mol. The van der Waals surface area contributed by atoms with Crippen molar-refractivity contribution in [2.24, 2.45) is 7.05 Å². The number of anilines is 2. The minimum Gasteiger partial charge on any atom is -0.516 e. The molecule has 1 aliphatic heterocycles. The van der Waals surface area contributed by atoms with E-state index in [-0.39, 0.29) is 7.05 Å². The fourth-order valence-corrected chi connectivity index (χ4v) is 3.08. The zero-order valence-electron chi connectivity index (χ0n) is 13.7. The minimum atomic E-state index is 0.00667. The third-order valence-electron chi connectivity index (χ3n) is 4.57. The van der Waals surface area contributed by atoms with Crippen LogP contribution in [0.25, 0.3) is 0 Å². The first-order chi connectivity index (χ1) is 9.91. The van der Waals surface area contributed by atoms with Gasteiger partial charge in [-0.05, 0) is 50.5 Å². The molecule has 21 heavy (non-hydrogen) atoms. The van der Waals surface area contributed by atoms with Gasteiger partial charge in [0.2, 0.25) is 0 Å². The van der Waals surface area contributed by atoms with Crippen LogP contribution in [0.1, 0.15) is 22.3 Å². The Labute approximate surface area is 127 Å². The molecule has 1 aromatic carbocycles. The molecule has 0 radical (unpaired) electrons. The maximum absolute atomic E-state index is 6.17.